The molecule has 0 atom stereocenters. The maximum absolute atomic E-state index is 11.1. The average molecular weight is 228 g/mol. The molecule has 1 rings (SSSR count). The summed E-state index contributed by atoms with van der Waals surface area (Å²) in [7, 11) is 0. The number of halogens is 1. The molecule has 0 heterocycles. The van der Waals surface area contributed by atoms with Gasteiger partial charge in [-0.05, 0) is 17.7 Å². The van der Waals surface area contributed by atoms with Crippen LogP contribution in [0.3, 0.4) is 0 Å². The van der Waals surface area contributed by atoms with Gasteiger partial charge in [0, 0.05) is 11.4 Å². The van der Waals surface area contributed by atoms with Crippen LogP contribution in [0.15, 0.2) is 28.7 Å². The molecule has 0 aliphatic heterocycles. The van der Waals surface area contributed by atoms with Crippen molar-refractivity contribution < 1.29 is 9.59 Å². The molecule has 0 aromatic heterocycles. The van der Waals surface area contributed by atoms with Crippen molar-refractivity contribution in [1.29, 1.82) is 0 Å². The van der Waals surface area contributed by atoms with Crippen LogP contribution in [0.1, 0.15) is 5.56 Å². The second-order valence-corrected chi connectivity index (χ2v) is 3.71. The molecule has 0 aliphatic carbocycles. The Hall–Kier alpha value is -1.09. The fraction of sp³-hybridized carbons (Fsp3) is 0.111. The van der Waals surface area contributed by atoms with Gasteiger partial charge in [-0.1, -0.05) is 23.7 Å². The van der Waals surface area contributed by atoms with Crippen LogP contribution in [0.25, 0.3) is 0 Å². The first kappa shape index (κ1) is 11.0. The summed E-state index contributed by atoms with van der Waals surface area (Å²) in [5.74, 6) is 0. The van der Waals surface area contributed by atoms with Crippen molar-refractivity contribution in [3.63, 3.8) is 0 Å². The van der Waals surface area contributed by atoms with Crippen molar-refractivity contribution in [3.05, 3.63) is 34.9 Å². The van der Waals surface area contributed by atoms with Crippen molar-refractivity contribution in [2.45, 2.75) is 6.42 Å². The predicted octanol–water partition coefficient (Wildman–Crippen LogP) is 2.39. The van der Waals surface area contributed by atoms with E-state index in [9.17, 15) is 9.59 Å². The monoisotopic (exact) mass is 227 g/mol. The molecule has 0 unspecified atom stereocenters. The maximum atomic E-state index is 11.1. The summed E-state index contributed by atoms with van der Waals surface area (Å²) in [5, 5.41) is 0.426. The molecule has 0 saturated carbocycles. The van der Waals surface area contributed by atoms with E-state index in [0.717, 1.165) is 5.56 Å². The summed E-state index contributed by atoms with van der Waals surface area (Å²) in [6.07, 6.45) is 1.52. The smallest absolute Gasteiger partial charge is 0.247 e. The minimum absolute atomic E-state index is 0.198. The number of carbonyl (C=O) groups is 1. The average Bonchev–Trinajstić information content (AvgIpc) is 2.18. The first-order valence-electron chi connectivity index (χ1n) is 3.74. The Bertz CT molecular complexity index is 371. The standard InChI is InChI=1S/C9H6ClNO2S/c10-8-3-1-7(2-4-8)5-9(13)14-11-6-12/h1-4H,5H2. The molecule has 0 N–H and O–H groups in total. The van der Waals surface area contributed by atoms with Gasteiger partial charge in [-0.25, -0.2) is 4.79 Å². The molecule has 0 spiro atoms. The third-order valence-electron chi connectivity index (χ3n) is 1.45. The molecule has 5 heteroatoms. The Labute approximate surface area is 90.3 Å². The van der Waals surface area contributed by atoms with E-state index in [1.807, 2.05) is 0 Å². The maximum Gasteiger partial charge on any atom is 0.247 e. The summed E-state index contributed by atoms with van der Waals surface area (Å²) < 4.78 is 3.12. The van der Waals surface area contributed by atoms with Gasteiger partial charge in [0.05, 0.1) is 11.9 Å². The molecule has 0 fully saturated rings. The van der Waals surface area contributed by atoms with Gasteiger partial charge >= 0.3 is 0 Å². The second-order valence-electron chi connectivity index (χ2n) is 2.45. The van der Waals surface area contributed by atoms with Crippen LogP contribution in [0.2, 0.25) is 5.02 Å². The molecule has 1 aromatic rings. The Morgan fingerprint density at radius 1 is 1.43 bits per heavy atom. The largest absolute Gasteiger partial charge is 0.285 e. The van der Waals surface area contributed by atoms with E-state index in [0.29, 0.717) is 17.0 Å². The van der Waals surface area contributed by atoms with E-state index in [1.54, 1.807) is 24.3 Å². The zero-order valence-corrected chi connectivity index (χ0v) is 8.64. The highest BCUT2D eigenvalue weighted by Crippen LogP contribution is 2.13. The first-order chi connectivity index (χ1) is 6.72. The molecule has 0 aliphatic rings. The van der Waals surface area contributed by atoms with E-state index >= 15 is 0 Å². The Morgan fingerprint density at radius 3 is 2.64 bits per heavy atom. The number of nitrogens with zero attached hydrogens (tertiary/aromatic N) is 1. The van der Waals surface area contributed by atoms with Gasteiger partial charge in [0.15, 0.2) is 0 Å². The fourth-order valence-corrected chi connectivity index (χ4v) is 1.37. The lowest BCUT2D eigenvalue weighted by molar-refractivity contribution is -0.110. The van der Waals surface area contributed by atoms with Gasteiger partial charge in [0.1, 0.15) is 0 Å². The van der Waals surface area contributed by atoms with Crippen LogP contribution in [0.5, 0.6) is 0 Å². The van der Waals surface area contributed by atoms with Crippen LogP contribution in [0.4, 0.5) is 0 Å². The quantitative estimate of drug-likeness (QED) is 0.453. The highest BCUT2D eigenvalue weighted by Gasteiger charge is 2.03. The Balaban J connectivity index is 2.56. The van der Waals surface area contributed by atoms with Crippen LogP contribution in [0, 0.1) is 0 Å². The molecule has 1 aromatic carbocycles. The third kappa shape index (κ3) is 3.75. The van der Waals surface area contributed by atoms with Crippen LogP contribution < -0.4 is 0 Å². The van der Waals surface area contributed by atoms with Gasteiger partial charge in [-0.2, -0.15) is 0 Å². The second kappa shape index (κ2) is 5.60. The van der Waals surface area contributed by atoms with Crippen molar-refractivity contribution in [1.82, 2.24) is 0 Å². The lowest BCUT2D eigenvalue weighted by Gasteiger charge is -1.97. The number of rotatable bonds is 3. The van der Waals surface area contributed by atoms with Crippen molar-refractivity contribution in [3.8, 4) is 0 Å². The number of hydrogen-bond acceptors (Lipinski definition) is 4. The SMILES string of the molecule is O=C=NSC(=O)Cc1ccc(Cl)cc1. The van der Waals surface area contributed by atoms with Crippen LogP contribution >= 0.6 is 23.5 Å². The normalized spacial score (nSPS) is 9.21. The fourth-order valence-electron chi connectivity index (χ4n) is 0.871. The number of hydrogen-bond donors (Lipinski definition) is 0. The van der Waals surface area contributed by atoms with Crippen molar-refractivity contribution in [2.75, 3.05) is 0 Å². The van der Waals surface area contributed by atoms with Gasteiger partial charge < -0.3 is 0 Å². The van der Waals surface area contributed by atoms with Gasteiger partial charge in [0.2, 0.25) is 11.2 Å². The van der Waals surface area contributed by atoms with Crippen molar-refractivity contribution in [2.24, 2.45) is 4.40 Å². The molecule has 0 radical (unpaired) electrons. The zero-order chi connectivity index (χ0) is 10.4. The molecule has 0 bridgehead atoms. The zero-order valence-electron chi connectivity index (χ0n) is 7.07. The molecular weight excluding hydrogens is 222 g/mol. The highest BCUT2D eigenvalue weighted by atomic mass is 35.5. The number of carbonyl (C=O) groups excluding carboxylic acids is 2. The van der Waals surface area contributed by atoms with E-state index < -0.39 is 0 Å². The molecule has 0 saturated heterocycles. The van der Waals surface area contributed by atoms with Crippen molar-refractivity contribution >= 4 is 34.7 Å². The molecule has 3 nitrogen and oxygen atoms in total. The van der Waals surface area contributed by atoms with E-state index in [1.165, 1.54) is 6.08 Å². The highest BCUT2D eigenvalue weighted by molar-refractivity contribution is 8.12. The van der Waals surface area contributed by atoms with E-state index in [-0.39, 0.29) is 11.5 Å². The lowest BCUT2D eigenvalue weighted by atomic mass is 10.2. The van der Waals surface area contributed by atoms with E-state index in [4.69, 9.17) is 11.6 Å². The molecule has 14 heavy (non-hydrogen) atoms. The summed E-state index contributed by atoms with van der Waals surface area (Å²) in [6.45, 7) is 0. The molecular formula is C9H6ClNO2S. The van der Waals surface area contributed by atoms with Crippen LogP contribution in [-0.4, -0.2) is 11.2 Å². The number of isocyanates is 1. The molecule has 0 amide bonds. The topological polar surface area (TPSA) is 46.5 Å². The van der Waals surface area contributed by atoms with Gasteiger partial charge in [0.25, 0.3) is 0 Å². The van der Waals surface area contributed by atoms with Gasteiger partial charge in [-0.15, -0.1) is 4.40 Å². The number of benzene rings is 1. The van der Waals surface area contributed by atoms with Gasteiger partial charge in [-0.3, -0.25) is 4.79 Å². The predicted molar refractivity (Wildman–Crippen MR) is 55.9 cm³/mol. The third-order valence-corrected chi connectivity index (χ3v) is 2.21. The Morgan fingerprint density at radius 2 is 2.07 bits per heavy atom. The molecule has 72 valence electrons. The summed E-state index contributed by atoms with van der Waals surface area (Å²) >= 11 is 6.28. The Kier molecular flexibility index (Phi) is 4.40. The summed E-state index contributed by atoms with van der Waals surface area (Å²) in [5.41, 5.74) is 0.841. The minimum atomic E-state index is -0.198. The summed E-state index contributed by atoms with van der Waals surface area (Å²) in [4.78, 5) is 20.8. The summed E-state index contributed by atoms with van der Waals surface area (Å²) in [6, 6.07) is 6.92. The van der Waals surface area contributed by atoms with E-state index in [2.05, 4.69) is 4.40 Å². The first-order valence-corrected chi connectivity index (χ1v) is 4.89. The van der Waals surface area contributed by atoms with Crippen LogP contribution in [-0.2, 0) is 16.0 Å². The minimum Gasteiger partial charge on any atom is -0.285 e. The lowest BCUT2D eigenvalue weighted by Crippen LogP contribution is -1.95.